The van der Waals surface area contributed by atoms with Crippen molar-refractivity contribution in [3.63, 3.8) is 0 Å². The van der Waals surface area contributed by atoms with Crippen molar-refractivity contribution in [3.05, 3.63) is 42.0 Å². The van der Waals surface area contributed by atoms with Gasteiger partial charge in [0.05, 0.1) is 15.9 Å². The lowest BCUT2D eigenvalue weighted by Crippen LogP contribution is -2.00. The Labute approximate surface area is 121 Å². The number of imidazole rings is 1. The van der Waals surface area contributed by atoms with Crippen LogP contribution in [0.2, 0.25) is 0 Å². The van der Waals surface area contributed by atoms with Gasteiger partial charge in [-0.15, -0.1) is 0 Å². The van der Waals surface area contributed by atoms with Crippen LogP contribution in [0.5, 0.6) is 0 Å². The van der Waals surface area contributed by atoms with E-state index < -0.39 is 10.1 Å². The largest absolute Gasteiger partial charge is 0.399 e. The van der Waals surface area contributed by atoms with Gasteiger partial charge in [0.25, 0.3) is 10.1 Å². The van der Waals surface area contributed by atoms with Gasteiger partial charge in [-0.1, -0.05) is 12.1 Å². The summed E-state index contributed by atoms with van der Waals surface area (Å²) in [6.07, 6.45) is 0. The first-order valence-electron chi connectivity index (χ1n) is 6.18. The molecule has 0 aliphatic heterocycles. The Morgan fingerprint density at radius 3 is 2.67 bits per heavy atom. The number of rotatable bonds is 2. The zero-order valence-corrected chi connectivity index (χ0v) is 12.0. The van der Waals surface area contributed by atoms with Crippen molar-refractivity contribution in [1.82, 2.24) is 9.97 Å². The molecule has 21 heavy (non-hydrogen) atoms. The maximum atomic E-state index is 11.3. The Morgan fingerprint density at radius 2 is 2.00 bits per heavy atom. The molecule has 7 heteroatoms. The lowest BCUT2D eigenvalue weighted by molar-refractivity contribution is 0.482. The van der Waals surface area contributed by atoms with E-state index in [4.69, 9.17) is 5.73 Å². The van der Waals surface area contributed by atoms with Gasteiger partial charge in [-0.25, -0.2) is 4.98 Å². The second-order valence-corrected chi connectivity index (χ2v) is 6.21. The SMILES string of the molecule is Cc1cc2nc(-c3cccc(N)c3)[nH]c2cc1S(=O)(=O)O. The average Bonchev–Trinajstić information content (AvgIpc) is 2.79. The van der Waals surface area contributed by atoms with Gasteiger partial charge in [0.2, 0.25) is 0 Å². The third-order valence-electron chi connectivity index (χ3n) is 3.22. The number of anilines is 1. The van der Waals surface area contributed by atoms with E-state index >= 15 is 0 Å². The molecule has 3 aromatic rings. The third-order valence-corrected chi connectivity index (χ3v) is 4.21. The van der Waals surface area contributed by atoms with E-state index in [-0.39, 0.29) is 4.90 Å². The number of fused-ring (bicyclic) bond motifs is 1. The maximum Gasteiger partial charge on any atom is 0.294 e. The molecule has 0 aliphatic carbocycles. The first kappa shape index (κ1) is 13.6. The lowest BCUT2D eigenvalue weighted by Gasteiger charge is -2.01. The predicted octanol–water partition coefficient (Wildman–Crippen LogP) is 2.37. The summed E-state index contributed by atoms with van der Waals surface area (Å²) in [5.41, 5.74) is 8.75. The summed E-state index contributed by atoms with van der Waals surface area (Å²) >= 11 is 0. The molecule has 0 radical (unpaired) electrons. The van der Waals surface area contributed by atoms with Crippen molar-refractivity contribution in [2.45, 2.75) is 11.8 Å². The molecule has 1 aromatic heterocycles. The van der Waals surface area contributed by atoms with Gasteiger partial charge in [0.1, 0.15) is 5.82 Å². The quantitative estimate of drug-likeness (QED) is 0.497. The molecule has 0 saturated heterocycles. The Bertz CT molecular complexity index is 945. The highest BCUT2D eigenvalue weighted by molar-refractivity contribution is 7.85. The van der Waals surface area contributed by atoms with Crippen LogP contribution in [0.25, 0.3) is 22.4 Å². The zero-order chi connectivity index (χ0) is 15.2. The summed E-state index contributed by atoms with van der Waals surface area (Å²) in [4.78, 5) is 7.33. The van der Waals surface area contributed by atoms with E-state index in [1.165, 1.54) is 6.07 Å². The van der Waals surface area contributed by atoms with Crippen LogP contribution in [0.4, 0.5) is 5.69 Å². The van der Waals surface area contributed by atoms with Crippen molar-refractivity contribution in [3.8, 4) is 11.4 Å². The molecular weight excluding hydrogens is 290 g/mol. The number of aromatic amines is 1. The van der Waals surface area contributed by atoms with Gasteiger partial charge in [-0.2, -0.15) is 8.42 Å². The molecule has 0 amide bonds. The van der Waals surface area contributed by atoms with Crippen molar-refractivity contribution >= 4 is 26.8 Å². The monoisotopic (exact) mass is 303 g/mol. The summed E-state index contributed by atoms with van der Waals surface area (Å²) < 4.78 is 31.9. The van der Waals surface area contributed by atoms with Crippen LogP contribution in [0.15, 0.2) is 41.3 Å². The predicted molar refractivity (Wildman–Crippen MR) is 80.5 cm³/mol. The number of nitrogens with zero attached hydrogens (tertiary/aromatic N) is 1. The van der Waals surface area contributed by atoms with Crippen molar-refractivity contribution in [1.29, 1.82) is 0 Å². The second kappa shape index (κ2) is 4.57. The van der Waals surface area contributed by atoms with Crippen LogP contribution in [0.3, 0.4) is 0 Å². The fourth-order valence-corrected chi connectivity index (χ4v) is 2.97. The second-order valence-electron chi connectivity index (χ2n) is 4.82. The first-order chi connectivity index (χ1) is 9.84. The molecule has 0 spiro atoms. The molecule has 2 aromatic carbocycles. The highest BCUT2D eigenvalue weighted by Gasteiger charge is 2.16. The highest BCUT2D eigenvalue weighted by atomic mass is 32.2. The third kappa shape index (κ3) is 2.48. The minimum absolute atomic E-state index is 0.127. The van der Waals surface area contributed by atoms with E-state index in [0.717, 1.165) is 5.56 Å². The van der Waals surface area contributed by atoms with Crippen LogP contribution >= 0.6 is 0 Å². The number of benzene rings is 2. The summed E-state index contributed by atoms with van der Waals surface area (Å²) in [6.45, 7) is 1.61. The fraction of sp³-hybridized carbons (Fsp3) is 0.0714. The van der Waals surface area contributed by atoms with Crippen molar-refractivity contribution in [2.75, 3.05) is 5.73 Å². The van der Waals surface area contributed by atoms with E-state index in [0.29, 0.717) is 28.1 Å². The van der Waals surface area contributed by atoms with E-state index in [9.17, 15) is 13.0 Å². The van der Waals surface area contributed by atoms with Crippen LogP contribution in [-0.2, 0) is 10.1 Å². The van der Waals surface area contributed by atoms with Gasteiger partial charge >= 0.3 is 0 Å². The molecule has 0 atom stereocenters. The van der Waals surface area contributed by atoms with E-state index in [2.05, 4.69) is 9.97 Å². The minimum atomic E-state index is -4.25. The normalized spacial score (nSPS) is 11.9. The topological polar surface area (TPSA) is 109 Å². The van der Waals surface area contributed by atoms with Crippen LogP contribution in [0.1, 0.15) is 5.56 Å². The Hall–Kier alpha value is -2.38. The average molecular weight is 303 g/mol. The van der Waals surface area contributed by atoms with Gasteiger partial charge < -0.3 is 10.7 Å². The Morgan fingerprint density at radius 1 is 1.24 bits per heavy atom. The smallest absolute Gasteiger partial charge is 0.294 e. The van der Waals surface area contributed by atoms with Gasteiger partial charge in [0, 0.05) is 11.3 Å². The Balaban J connectivity index is 2.21. The summed E-state index contributed by atoms with van der Waals surface area (Å²) in [5, 5.41) is 0. The minimum Gasteiger partial charge on any atom is -0.399 e. The van der Waals surface area contributed by atoms with Gasteiger partial charge in [-0.05, 0) is 36.8 Å². The van der Waals surface area contributed by atoms with Gasteiger partial charge in [0.15, 0.2) is 0 Å². The first-order valence-corrected chi connectivity index (χ1v) is 7.62. The highest BCUT2D eigenvalue weighted by Crippen LogP contribution is 2.26. The summed E-state index contributed by atoms with van der Waals surface area (Å²) in [5.74, 6) is 0.587. The molecule has 0 saturated carbocycles. The van der Waals surface area contributed by atoms with E-state index in [1.807, 2.05) is 12.1 Å². The molecular formula is C14H13N3O3S. The standard InChI is InChI=1S/C14H13N3O3S/c1-8-5-11-12(7-13(8)21(18,19)20)17-14(16-11)9-3-2-4-10(15)6-9/h2-7H,15H2,1H3,(H,16,17)(H,18,19,20). The number of aromatic nitrogens is 2. The molecule has 6 nitrogen and oxygen atoms in total. The van der Waals surface area contributed by atoms with Crippen molar-refractivity contribution in [2.24, 2.45) is 0 Å². The number of nitrogen functional groups attached to an aromatic ring is 1. The number of nitrogens with two attached hydrogens (primary N) is 1. The molecule has 108 valence electrons. The number of hydrogen-bond acceptors (Lipinski definition) is 4. The van der Waals surface area contributed by atoms with Crippen molar-refractivity contribution < 1.29 is 13.0 Å². The molecule has 3 rings (SSSR count). The number of H-pyrrole nitrogens is 1. The van der Waals surface area contributed by atoms with Gasteiger partial charge in [-0.3, -0.25) is 4.55 Å². The molecule has 0 aliphatic rings. The van der Waals surface area contributed by atoms with Crippen LogP contribution < -0.4 is 5.73 Å². The van der Waals surface area contributed by atoms with Crippen LogP contribution in [0, 0.1) is 6.92 Å². The maximum absolute atomic E-state index is 11.3. The van der Waals surface area contributed by atoms with Crippen LogP contribution in [-0.4, -0.2) is 22.9 Å². The summed E-state index contributed by atoms with van der Waals surface area (Å²) in [6, 6.07) is 10.2. The number of aryl methyl sites for hydroxylation is 1. The summed E-state index contributed by atoms with van der Waals surface area (Å²) in [7, 11) is -4.25. The molecule has 0 unspecified atom stereocenters. The number of nitrogens with one attached hydrogen (secondary N) is 1. The molecule has 0 bridgehead atoms. The van der Waals surface area contributed by atoms with E-state index in [1.54, 1.807) is 25.1 Å². The molecule has 4 N–H and O–H groups in total. The zero-order valence-electron chi connectivity index (χ0n) is 11.2. The Kier molecular flexibility index (Phi) is 2.96. The number of hydrogen-bond donors (Lipinski definition) is 3. The lowest BCUT2D eigenvalue weighted by atomic mass is 10.2. The fourth-order valence-electron chi connectivity index (χ4n) is 2.24. The molecule has 1 heterocycles. The molecule has 0 fully saturated rings.